The SMILES string of the molecule is CCNC1CCC(N(C)Cc2cc(CC)nn2C)CC1. The highest BCUT2D eigenvalue weighted by molar-refractivity contribution is 5.10. The van der Waals surface area contributed by atoms with Crippen molar-refractivity contribution in [3.63, 3.8) is 0 Å². The van der Waals surface area contributed by atoms with E-state index in [0.29, 0.717) is 0 Å². The fourth-order valence-corrected chi connectivity index (χ4v) is 3.29. The Balaban J connectivity index is 1.86. The van der Waals surface area contributed by atoms with Crippen molar-refractivity contribution in [3.8, 4) is 0 Å². The van der Waals surface area contributed by atoms with Crippen molar-refractivity contribution in [1.82, 2.24) is 20.0 Å². The number of nitrogens with one attached hydrogen (secondary N) is 1. The summed E-state index contributed by atoms with van der Waals surface area (Å²) in [5, 5.41) is 8.12. The molecule has 4 nitrogen and oxygen atoms in total. The minimum atomic E-state index is 0.727. The number of rotatable bonds is 6. The molecule has 1 aliphatic carbocycles. The first-order chi connectivity index (χ1) is 9.63. The lowest BCUT2D eigenvalue weighted by molar-refractivity contribution is 0.165. The fraction of sp³-hybridized carbons (Fsp3) is 0.812. The Kier molecular flexibility index (Phi) is 5.61. The molecule has 1 aliphatic rings. The minimum Gasteiger partial charge on any atom is -0.314 e. The Hall–Kier alpha value is -0.870. The topological polar surface area (TPSA) is 33.1 Å². The van der Waals surface area contributed by atoms with E-state index in [0.717, 1.165) is 31.6 Å². The maximum absolute atomic E-state index is 4.54. The number of aryl methyl sites for hydroxylation is 2. The van der Waals surface area contributed by atoms with Crippen LogP contribution in [0.5, 0.6) is 0 Å². The standard InChI is InChI=1S/C16H30N4/c1-5-13-11-16(20(4)18-13)12-19(3)15-9-7-14(8-10-15)17-6-2/h11,14-15,17H,5-10,12H2,1-4H3. The van der Waals surface area contributed by atoms with Crippen LogP contribution in [-0.4, -0.2) is 40.4 Å². The number of hydrogen-bond donors (Lipinski definition) is 1. The zero-order valence-corrected chi connectivity index (χ0v) is 13.5. The molecule has 114 valence electrons. The predicted molar refractivity (Wildman–Crippen MR) is 83.8 cm³/mol. The lowest BCUT2D eigenvalue weighted by Gasteiger charge is -2.34. The molecule has 1 N–H and O–H groups in total. The number of nitrogens with zero attached hydrogens (tertiary/aromatic N) is 3. The van der Waals surface area contributed by atoms with Gasteiger partial charge < -0.3 is 5.32 Å². The zero-order chi connectivity index (χ0) is 14.5. The van der Waals surface area contributed by atoms with E-state index in [2.05, 4.69) is 49.3 Å². The molecule has 0 atom stereocenters. The van der Waals surface area contributed by atoms with E-state index in [9.17, 15) is 0 Å². The third-order valence-electron chi connectivity index (χ3n) is 4.61. The Morgan fingerprint density at radius 3 is 2.55 bits per heavy atom. The molecular weight excluding hydrogens is 248 g/mol. The minimum absolute atomic E-state index is 0.727. The summed E-state index contributed by atoms with van der Waals surface area (Å²) in [7, 11) is 4.32. The first-order valence-electron chi connectivity index (χ1n) is 8.09. The Bertz CT molecular complexity index is 405. The summed E-state index contributed by atoms with van der Waals surface area (Å²) in [5.74, 6) is 0. The normalized spacial score (nSPS) is 23.4. The van der Waals surface area contributed by atoms with Gasteiger partial charge in [0.05, 0.1) is 11.4 Å². The maximum Gasteiger partial charge on any atom is 0.0625 e. The first-order valence-corrected chi connectivity index (χ1v) is 8.09. The van der Waals surface area contributed by atoms with Gasteiger partial charge in [0.2, 0.25) is 0 Å². The summed E-state index contributed by atoms with van der Waals surface area (Å²) in [5.41, 5.74) is 2.53. The molecule has 1 aromatic heterocycles. The Morgan fingerprint density at radius 2 is 2.00 bits per heavy atom. The van der Waals surface area contributed by atoms with Crippen molar-refractivity contribution in [2.45, 2.75) is 64.6 Å². The molecule has 0 bridgehead atoms. The second kappa shape index (κ2) is 7.23. The van der Waals surface area contributed by atoms with Gasteiger partial charge in [0, 0.05) is 25.7 Å². The van der Waals surface area contributed by atoms with E-state index in [-0.39, 0.29) is 0 Å². The summed E-state index contributed by atoms with van der Waals surface area (Å²) < 4.78 is 2.04. The molecule has 0 aliphatic heterocycles. The van der Waals surface area contributed by atoms with E-state index >= 15 is 0 Å². The van der Waals surface area contributed by atoms with Gasteiger partial charge in [-0.05, 0) is 51.8 Å². The van der Waals surface area contributed by atoms with Gasteiger partial charge in [-0.15, -0.1) is 0 Å². The lowest BCUT2D eigenvalue weighted by atomic mass is 9.90. The molecule has 0 unspecified atom stereocenters. The van der Waals surface area contributed by atoms with Gasteiger partial charge in [-0.1, -0.05) is 13.8 Å². The largest absolute Gasteiger partial charge is 0.314 e. The van der Waals surface area contributed by atoms with Crippen molar-refractivity contribution >= 4 is 0 Å². The first kappa shape index (κ1) is 15.5. The highest BCUT2D eigenvalue weighted by atomic mass is 15.3. The molecule has 0 amide bonds. The van der Waals surface area contributed by atoms with E-state index in [1.54, 1.807) is 0 Å². The van der Waals surface area contributed by atoms with Crippen LogP contribution in [0.3, 0.4) is 0 Å². The van der Waals surface area contributed by atoms with Crippen molar-refractivity contribution < 1.29 is 0 Å². The third-order valence-corrected chi connectivity index (χ3v) is 4.61. The van der Waals surface area contributed by atoms with Gasteiger partial charge in [0.1, 0.15) is 0 Å². The fourth-order valence-electron chi connectivity index (χ4n) is 3.29. The van der Waals surface area contributed by atoms with Gasteiger partial charge in [0.25, 0.3) is 0 Å². The van der Waals surface area contributed by atoms with Gasteiger partial charge in [0.15, 0.2) is 0 Å². The van der Waals surface area contributed by atoms with Crippen LogP contribution in [0.2, 0.25) is 0 Å². The van der Waals surface area contributed by atoms with Crippen molar-refractivity contribution in [2.24, 2.45) is 7.05 Å². The van der Waals surface area contributed by atoms with Crippen LogP contribution < -0.4 is 5.32 Å². The van der Waals surface area contributed by atoms with Gasteiger partial charge in [-0.25, -0.2) is 0 Å². The van der Waals surface area contributed by atoms with Crippen molar-refractivity contribution in [2.75, 3.05) is 13.6 Å². The molecule has 0 saturated heterocycles. The van der Waals surface area contributed by atoms with Crippen molar-refractivity contribution in [1.29, 1.82) is 0 Å². The van der Waals surface area contributed by atoms with Crippen LogP contribution in [0.15, 0.2) is 6.07 Å². The van der Waals surface area contributed by atoms with Gasteiger partial charge in [-0.3, -0.25) is 9.58 Å². The Labute approximate surface area is 123 Å². The monoisotopic (exact) mass is 278 g/mol. The van der Waals surface area contributed by atoms with Gasteiger partial charge in [-0.2, -0.15) is 5.10 Å². The van der Waals surface area contributed by atoms with Crippen LogP contribution in [-0.2, 0) is 20.0 Å². The van der Waals surface area contributed by atoms with Crippen LogP contribution >= 0.6 is 0 Å². The summed E-state index contributed by atoms with van der Waals surface area (Å²) in [6.07, 6.45) is 6.27. The average molecular weight is 278 g/mol. The molecule has 0 aromatic carbocycles. The number of hydrogen-bond acceptors (Lipinski definition) is 3. The summed E-state index contributed by atoms with van der Waals surface area (Å²) in [6, 6.07) is 3.72. The molecule has 20 heavy (non-hydrogen) atoms. The van der Waals surface area contributed by atoms with Crippen LogP contribution in [0.25, 0.3) is 0 Å². The molecule has 1 heterocycles. The van der Waals surface area contributed by atoms with E-state index < -0.39 is 0 Å². The van der Waals surface area contributed by atoms with E-state index in [4.69, 9.17) is 0 Å². The van der Waals surface area contributed by atoms with E-state index in [1.807, 2.05) is 4.68 Å². The second-order valence-corrected chi connectivity index (χ2v) is 6.08. The molecule has 1 aromatic rings. The molecule has 0 spiro atoms. The summed E-state index contributed by atoms with van der Waals surface area (Å²) in [6.45, 7) is 6.48. The molecule has 4 heteroatoms. The quantitative estimate of drug-likeness (QED) is 0.867. The average Bonchev–Trinajstić information content (AvgIpc) is 2.80. The smallest absolute Gasteiger partial charge is 0.0625 e. The molecular formula is C16H30N4. The summed E-state index contributed by atoms with van der Waals surface area (Å²) in [4.78, 5) is 2.51. The molecule has 2 rings (SSSR count). The second-order valence-electron chi connectivity index (χ2n) is 6.08. The highest BCUT2D eigenvalue weighted by Crippen LogP contribution is 2.23. The molecule has 1 saturated carbocycles. The van der Waals surface area contributed by atoms with Crippen molar-refractivity contribution in [3.05, 3.63) is 17.5 Å². The molecule has 1 fully saturated rings. The zero-order valence-electron chi connectivity index (χ0n) is 13.5. The lowest BCUT2D eigenvalue weighted by Crippen LogP contribution is -2.40. The van der Waals surface area contributed by atoms with Crippen LogP contribution in [0, 0.1) is 0 Å². The van der Waals surface area contributed by atoms with Crippen LogP contribution in [0.4, 0.5) is 0 Å². The predicted octanol–water partition coefficient (Wildman–Crippen LogP) is 2.33. The maximum atomic E-state index is 4.54. The highest BCUT2D eigenvalue weighted by Gasteiger charge is 2.23. The summed E-state index contributed by atoms with van der Waals surface area (Å²) >= 11 is 0. The Morgan fingerprint density at radius 1 is 1.30 bits per heavy atom. The number of aromatic nitrogens is 2. The van der Waals surface area contributed by atoms with Crippen LogP contribution in [0.1, 0.15) is 50.9 Å². The van der Waals surface area contributed by atoms with E-state index in [1.165, 1.54) is 37.1 Å². The molecule has 0 radical (unpaired) electrons. The third kappa shape index (κ3) is 3.83. The van der Waals surface area contributed by atoms with Gasteiger partial charge >= 0.3 is 0 Å².